The van der Waals surface area contributed by atoms with Crippen molar-refractivity contribution in [3.05, 3.63) is 64.4 Å². The topological polar surface area (TPSA) is 105 Å². The molecule has 0 aliphatic carbocycles. The number of rotatable bonds is 6. The van der Waals surface area contributed by atoms with Gasteiger partial charge in [0.2, 0.25) is 0 Å². The summed E-state index contributed by atoms with van der Waals surface area (Å²) in [5, 5.41) is 6.45. The second kappa shape index (κ2) is 8.49. The third-order valence-electron chi connectivity index (χ3n) is 3.95. The molecule has 0 atom stereocenters. The molecular formula is C19H17N3O5S. The molecule has 4 amide bonds. The third-order valence-corrected chi connectivity index (χ3v) is 4.82. The Hall–Kier alpha value is -3.46. The van der Waals surface area contributed by atoms with Crippen LogP contribution in [-0.2, 0) is 20.9 Å². The fourth-order valence-electron chi connectivity index (χ4n) is 2.61. The summed E-state index contributed by atoms with van der Waals surface area (Å²) in [4.78, 5) is 49.8. The molecule has 1 aliphatic rings. The van der Waals surface area contributed by atoms with Gasteiger partial charge in [0, 0.05) is 21.7 Å². The number of hydrogen-bond donors (Lipinski definition) is 2. The first-order valence-electron chi connectivity index (χ1n) is 8.31. The number of esters is 1. The fourth-order valence-corrected chi connectivity index (χ4v) is 3.25. The molecule has 0 fully saturated rings. The second-order valence-corrected chi connectivity index (χ2v) is 6.89. The minimum Gasteiger partial charge on any atom is -0.454 e. The van der Waals surface area contributed by atoms with Gasteiger partial charge in [-0.3, -0.25) is 24.6 Å². The Balaban J connectivity index is 1.42. The van der Waals surface area contributed by atoms with Gasteiger partial charge in [0.25, 0.3) is 11.8 Å². The highest BCUT2D eigenvalue weighted by Gasteiger charge is 2.32. The van der Waals surface area contributed by atoms with Crippen molar-refractivity contribution >= 4 is 40.8 Å². The Labute approximate surface area is 164 Å². The molecule has 1 aromatic carbocycles. The highest BCUT2D eigenvalue weighted by atomic mass is 32.1. The van der Waals surface area contributed by atoms with E-state index in [1.165, 1.54) is 16.2 Å². The number of nitrogens with one attached hydrogen (secondary N) is 2. The SMILES string of the molecule is C=C1c2ccccc2C(=O)N1CC(=O)OCC(=O)NC(=O)NCc1cccs1. The van der Waals surface area contributed by atoms with Crippen molar-refractivity contribution in [1.82, 2.24) is 15.5 Å². The maximum atomic E-state index is 12.3. The smallest absolute Gasteiger partial charge is 0.326 e. The average molecular weight is 399 g/mol. The molecule has 0 spiro atoms. The van der Waals surface area contributed by atoms with E-state index in [0.29, 0.717) is 16.8 Å². The molecule has 2 aromatic rings. The minimum absolute atomic E-state index is 0.288. The molecule has 2 heterocycles. The van der Waals surface area contributed by atoms with Crippen molar-refractivity contribution in [3.8, 4) is 0 Å². The van der Waals surface area contributed by atoms with Crippen molar-refractivity contribution in [1.29, 1.82) is 0 Å². The lowest BCUT2D eigenvalue weighted by Crippen LogP contribution is -2.41. The lowest BCUT2D eigenvalue weighted by atomic mass is 10.1. The summed E-state index contributed by atoms with van der Waals surface area (Å²) in [5.41, 5.74) is 1.51. The third kappa shape index (κ3) is 4.44. The summed E-state index contributed by atoms with van der Waals surface area (Å²) in [6.07, 6.45) is 0. The van der Waals surface area contributed by atoms with E-state index in [2.05, 4.69) is 17.2 Å². The van der Waals surface area contributed by atoms with Crippen LogP contribution < -0.4 is 10.6 Å². The van der Waals surface area contributed by atoms with Crippen LogP contribution in [0, 0.1) is 0 Å². The van der Waals surface area contributed by atoms with E-state index in [0.717, 1.165) is 4.88 Å². The first-order chi connectivity index (χ1) is 13.5. The van der Waals surface area contributed by atoms with Gasteiger partial charge in [0.15, 0.2) is 6.61 Å². The molecule has 1 aliphatic heterocycles. The zero-order valence-corrected chi connectivity index (χ0v) is 15.6. The molecular weight excluding hydrogens is 382 g/mol. The maximum Gasteiger partial charge on any atom is 0.326 e. The number of ether oxygens (including phenoxy) is 1. The van der Waals surface area contributed by atoms with Gasteiger partial charge in [0.05, 0.1) is 6.54 Å². The minimum atomic E-state index is -0.781. The lowest BCUT2D eigenvalue weighted by Gasteiger charge is -2.16. The molecule has 0 saturated heterocycles. The molecule has 0 bridgehead atoms. The Morgan fingerprint density at radius 1 is 1.11 bits per heavy atom. The van der Waals surface area contributed by atoms with Crippen LogP contribution in [0.5, 0.6) is 0 Å². The molecule has 0 unspecified atom stereocenters. The molecule has 2 N–H and O–H groups in total. The van der Waals surface area contributed by atoms with Crippen molar-refractivity contribution < 1.29 is 23.9 Å². The maximum absolute atomic E-state index is 12.3. The van der Waals surface area contributed by atoms with Crippen LogP contribution >= 0.6 is 11.3 Å². The van der Waals surface area contributed by atoms with Crippen LogP contribution in [0.4, 0.5) is 4.79 Å². The van der Waals surface area contributed by atoms with E-state index in [4.69, 9.17) is 4.74 Å². The normalized spacial score (nSPS) is 12.5. The first kappa shape index (κ1) is 19.3. The molecule has 144 valence electrons. The molecule has 28 heavy (non-hydrogen) atoms. The predicted molar refractivity (Wildman–Crippen MR) is 102 cm³/mol. The summed E-state index contributed by atoms with van der Waals surface area (Å²) in [6, 6.07) is 9.89. The number of urea groups is 1. The Bertz CT molecular complexity index is 904. The van der Waals surface area contributed by atoms with Crippen molar-refractivity contribution in [2.75, 3.05) is 13.2 Å². The predicted octanol–water partition coefficient (Wildman–Crippen LogP) is 1.74. The summed E-state index contributed by atoms with van der Waals surface area (Å²) in [6.45, 7) is 3.11. The summed E-state index contributed by atoms with van der Waals surface area (Å²) >= 11 is 1.47. The van der Waals surface area contributed by atoms with Crippen molar-refractivity contribution in [2.24, 2.45) is 0 Å². The van der Waals surface area contributed by atoms with Gasteiger partial charge >= 0.3 is 12.0 Å². The van der Waals surface area contributed by atoms with Crippen molar-refractivity contribution in [2.45, 2.75) is 6.54 Å². The number of hydrogen-bond acceptors (Lipinski definition) is 6. The van der Waals surface area contributed by atoms with Crippen LogP contribution in [0.1, 0.15) is 20.8 Å². The van der Waals surface area contributed by atoms with E-state index in [-0.39, 0.29) is 19.0 Å². The first-order valence-corrected chi connectivity index (χ1v) is 9.19. The number of carbonyl (C=O) groups excluding carboxylic acids is 4. The number of thiophene rings is 1. The van der Waals surface area contributed by atoms with Crippen LogP contribution in [0.3, 0.4) is 0 Å². The summed E-state index contributed by atoms with van der Waals surface area (Å²) < 4.78 is 4.85. The van der Waals surface area contributed by atoms with Crippen LogP contribution in [0.25, 0.3) is 5.70 Å². The second-order valence-electron chi connectivity index (χ2n) is 5.85. The lowest BCUT2D eigenvalue weighted by molar-refractivity contribution is -0.148. The number of fused-ring (bicyclic) bond motifs is 1. The fraction of sp³-hybridized carbons (Fsp3) is 0.158. The van der Waals surface area contributed by atoms with Gasteiger partial charge in [-0.05, 0) is 17.5 Å². The van der Waals surface area contributed by atoms with Gasteiger partial charge < -0.3 is 10.1 Å². The summed E-state index contributed by atoms with van der Waals surface area (Å²) in [5.74, 6) is -1.90. The van der Waals surface area contributed by atoms with E-state index < -0.39 is 24.5 Å². The Morgan fingerprint density at radius 3 is 2.54 bits per heavy atom. The molecule has 0 saturated carbocycles. The number of nitrogens with zero attached hydrogens (tertiary/aromatic N) is 1. The summed E-state index contributed by atoms with van der Waals surface area (Å²) in [7, 11) is 0. The van der Waals surface area contributed by atoms with Crippen LogP contribution in [0.15, 0.2) is 48.4 Å². The largest absolute Gasteiger partial charge is 0.454 e. The zero-order chi connectivity index (χ0) is 20.1. The van der Waals surface area contributed by atoms with E-state index >= 15 is 0 Å². The standard InChI is InChI=1S/C19H17N3O5S/c1-12-14-6-2-3-7-15(14)18(25)22(12)10-17(24)27-11-16(23)21-19(26)20-9-13-5-4-8-28-13/h2-8H,1,9-11H2,(H2,20,21,23,26). The molecule has 1 aromatic heterocycles. The van der Waals surface area contributed by atoms with Gasteiger partial charge in [-0.15, -0.1) is 11.3 Å². The molecule has 0 radical (unpaired) electrons. The number of amides is 4. The quantitative estimate of drug-likeness (QED) is 0.720. The number of benzene rings is 1. The van der Waals surface area contributed by atoms with Gasteiger partial charge in [0.1, 0.15) is 6.54 Å². The molecule has 9 heteroatoms. The van der Waals surface area contributed by atoms with Crippen LogP contribution in [0.2, 0.25) is 0 Å². The zero-order valence-electron chi connectivity index (χ0n) is 14.8. The van der Waals surface area contributed by atoms with Gasteiger partial charge in [-0.25, -0.2) is 4.79 Å². The van der Waals surface area contributed by atoms with Crippen molar-refractivity contribution in [3.63, 3.8) is 0 Å². The average Bonchev–Trinajstić information content (AvgIpc) is 3.28. The van der Waals surface area contributed by atoms with Gasteiger partial charge in [-0.1, -0.05) is 30.8 Å². The Kier molecular flexibility index (Phi) is 5.85. The van der Waals surface area contributed by atoms with Gasteiger partial charge in [-0.2, -0.15) is 0 Å². The van der Waals surface area contributed by atoms with E-state index in [1.807, 2.05) is 17.5 Å². The number of imide groups is 1. The van der Waals surface area contributed by atoms with Crippen LogP contribution in [-0.4, -0.2) is 41.9 Å². The molecule has 3 rings (SSSR count). The number of carbonyl (C=O) groups is 4. The highest BCUT2D eigenvalue weighted by molar-refractivity contribution is 7.09. The van der Waals surface area contributed by atoms with E-state index in [9.17, 15) is 19.2 Å². The monoisotopic (exact) mass is 399 g/mol. The molecule has 8 nitrogen and oxygen atoms in total. The van der Waals surface area contributed by atoms with E-state index in [1.54, 1.807) is 24.3 Å². The Morgan fingerprint density at radius 2 is 1.86 bits per heavy atom. The highest BCUT2D eigenvalue weighted by Crippen LogP contribution is 2.30.